The summed E-state index contributed by atoms with van der Waals surface area (Å²) in [7, 11) is 0. The van der Waals surface area contributed by atoms with Crippen LogP contribution >= 0.6 is 0 Å². The van der Waals surface area contributed by atoms with Crippen LogP contribution in [-0.4, -0.2) is 23.1 Å². The molecule has 0 radical (unpaired) electrons. The van der Waals surface area contributed by atoms with Crippen LogP contribution in [0.2, 0.25) is 0 Å². The van der Waals surface area contributed by atoms with E-state index in [0.717, 1.165) is 53.8 Å². The summed E-state index contributed by atoms with van der Waals surface area (Å²) < 4.78 is 17.2. The molecule has 7 heteroatoms. The predicted octanol–water partition coefficient (Wildman–Crippen LogP) is 15.4. The topological polar surface area (TPSA) is 41.3 Å². The summed E-state index contributed by atoms with van der Waals surface area (Å²) in [5.74, 6) is 2.05. The van der Waals surface area contributed by atoms with Crippen LogP contribution in [0.15, 0.2) is 146 Å². The van der Waals surface area contributed by atoms with Gasteiger partial charge in [0.1, 0.15) is 0 Å². The van der Waals surface area contributed by atoms with Gasteiger partial charge in [-0.3, -0.25) is 0 Å². The van der Waals surface area contributed by atoms with Gasteiger partial charge >= 0.3 is 275 Å². The Balaban J connectivity index is 1.02. The number of hydrogen-bond donors (Lipinski definition) is 0. The Bertz CT molecular complexity index is 4010. The van der Waals surface area contributed by atoms with Crippen molar-refractivity contribution in [2.24, 2.45) is 0 Å². The molecule has 12 aromatic rings. The molecule has 0 saturated heterocycles. The number of pyridine rings is 1. The zero-order valence-electron chi connectivity index (χ0n) is 39.3. The zero-order valence-corrected chi connectivity index (χ0v) is 41.6. The summed E-state index contributed by atoms with van der Waals surface area (Å²) in [4.78, 5) is 5.04. The van der Waals surface area contributed by atoms with E-state index in [4.69, 9.17) is 9.72 Å². The summed E-state index contributed by atoms with van der Waals surface area (Å²) >= 11 is 2.48. The van der Waals surface area contributed by atoms with Gasteiger partial charge in [-0.05, 0) is 23.1 Å². The van der Waals surface area contributed by atoms with Crippen LogP contribution in [-0.2, 0) is 35.6 Å². The number of aromatic nitrogens is 5. The second-order valence-electron chi connectivity index (χ2n) is 21.2. The molecular weight excluding hydrogens is 1000 g/mol. The van der Waals surface area contributed by atoms with E-state index in [0.29, 0.717) is 11.5 Å². The Hall–Kier alpha value is -6.75. The van der Waals surface area contributed by atoms with Crippen molar-refractivity contribution in [2.45, 2.75) is 78.6 Å². The molecule has 0 aliphatic carbocycles. The van der Waals surface area contributed by atoms with E-state index in [1.54, 1.807) is 0 Å². The normalized spacial score (nSPS) is 12.9. The molecule has 0 N–H and O–H groups in total. The minimum absolute atomic E-state index is 0.0151. The van der Waals surface area contributed by atoms with Crippen molar-refractivity contribution in [2.75, 3.05) is 0 Å². The SMILES string of the molecule is CC(C)(C)c1cc(-n2[c](=[Pt])n(-c3[c-]c(Oc4[c-]c5c(cc4)c4cc6c7cccc8c9ccccc9n(c6cc4n5-c4cc(C(C)(C)C)ccn4)c87)ccc3)c3ccccc32)cc(C(C)(C)C)c1. The molecule has 0 fully saturated rings. The standard InChI is InChI=1S/C60H51N5O.Pt/c1-58(2,3)37-26-27-61-56(31-37)64-53-33-43(24-25-45(53)48-34-49-47-20-15-19-46-44-18-10-11-21-50(44)65(57(46)47)55(49)35-54(48)64)66-42-17-14-16-40(32-42)62-36-63(52-23-13-12-22-51(52)62)41-29-38(59(4,5)6)28-39(30-41)60(7,8)9;/h10-31,34-35H,1-9H3;/q-2;. The van der Waals surface area contributed by atoms with Gasteiger partial charge in [0.15, 0.2) is 0 Å². The van der Waals surface area contributed by atoms with E-state index < -0.39 is 0 Å². The molecule has 334 valence electrons. The average Bonchev–Trinajstić information content (AvgIpc) is 4.00. The molecular formula is C60H51N5OPt-2. The molecule has 0 aliphatic rings. The zero-order chi connectivity index (χ0) is 46.3. The molecule has 12 rings (SSSR count). The fourth-order valence-corrected chi connectivity index (χ4v) is 11.2. The first-order valence-electron chi connectivity index (χ1n) is 23.1. The van der Waals surface area contributed by atoms with Gasteiger partial charge in [-0.2, -0.15) is 0 Å². The van der Waals surface area contributed by atoms with Crippen LogP contribution in [0, 0.1) is 15.9 Å². The third kappa shape index (κ3) is 6.54. The first-order valence-corrected chi connectivity index (χ1v) is 24.3. The predicted molar refractivity (Wildman–Crippen MR) is 273 cm³/mol. The third-order valence-electron chi connectivity index (χ3n) is 13.7. The van der Waals surface area contributed by atoms with Crippen molar-refractivity contribution < 1.29 is 24.1 Å². The maximum absolute atomic E-state index is 6.79. The van der Waals surface area contributed by atoms with Crippen LogP contribution in [0.3, 0.4) is 0 Å². The van der Waals surface area contributed by atoms with Crippen LogP contribution in [0.1, 0.15) is 79.0 Å². The number of benzene rings is 7. The van der Waals surface area contributed by atoms with E-state index in [1.165, 1.54) is 54.8 Å². The Morgan fingerprint density at radius 1 is 0.463 bits per heavy atom. The molecule has 0 aliphatic heterocycles. The number of rotatable bonds is 5. The summed E-state index contributed by atoms with van der Waals surface area (Å²) in [6.45, 7) is 20.5. The Kier molecular flexibility index (Phi) is 9.09. The Labute approximate surface area is 401 Å². The van der Waals surface area contributed by atoms with Gasteiger partial charge in [0.05, 0.1) is 16.6 Å². The third-order valence-corrected chi connectivity index (χ3v) is 14.7. The van der Waals surface area contributed by atoms with Gasteiger partial charge in [-0.1, -0.05) is 57.2 Å². The monoisotopic (exact) mass is 1050 g/mol. The first kappa shape index (κ1) is 41.7. The molecule has 5 aromatic heterocycles. The fourth-order valence-electron chi connectivity index (χ4n) is 10.1. The van der Waals surface area contributed by atoms with Crippen LogP contribution in [0.25, 0.3) is 88.1 Å². The summed E-state index contributed by atoms with van der Waals surface area (Å²) in [5.41, 5.74) is 13.6. The molecule has 0 amide bonds. The molecule has 7 aromatic carbocycles. The van der Waals surface area contributed by atoms with Crippen molar-refractivity contribution >= 4 is 70.9 Å². The van der Waals surface area contributed by atoms with Gasteiger partial charge in [0, 0.05) is 27.7 Å². The van der Waals surface area contributed by atoms with Crippen molar-refractivity contribution in [1.29, 1.82) is 0 Å². The summed E-state index contributed by atoms with van der Waals surface area (Å²) in [6, 6.07) is 58.0. The van der Waals surface area contributed by atoms with Gasteiger partial charge in [-0.25, -0.2) is 0 Å². The van der Waals surface area contributed by atoms with E-state index in [9.17, 15) is 0 Å². The van der Waals surface area contributed by atoms with Crippen LogP contribution in [0.5, 0.6) is 11.5 Å². The number of ether oxygens (including phenoxy) is 1. The van der Waals surface area contributed by atoms with Crippen molar-refractivity contribution in [1.82, 2.24) is 23.1 Å². The van der Waals surface area contributed by atoms with E-state index in [2.05, 4.69) is 233 Å². The fraction of sp³-hybridized carbons (Fsp3) is 0.200. The Morgan fingerprint density at radius 3 is 1.79 bits per heavy atom. The summed E-state index contributed by atoms with van der Waals surface area (Å²) in [5, 5.41) is 7.25. The minimum atomic E-state index is -0.0676. The number of fused-ring (bicyclic) bond motifs is 10. The average molecular weight is 1050 g/mol. The molecule has 0 saturated carbocycles. The quantitative estimate of drug-likeness (QED) is 0.161. The molecule has 0 atom stereocenters. The molecule has 0 spiro atoms. The van der Waals surface area contributed by atoms with Gasteiger partial charge in [-0.15, -0.1) is 0 Å². The molecule has 67 heavy (non-hydrogen) atoms. The number of hydrogen-bond acceptors (Lipinski definition) is 2. The number of imidazole rings is 1. The molecule has 6 nitrogen and oxygen atoms in total. The summed E-state index contributed by atoms with van der Waals surface area (Å²) in [6.07, 6.45) is 1.93. The second kappa shape index (κ2) is 14.6. The number of nitrogens with zero attached hydrogens (tertiary/aromatic N) is 5. The molecule has 0 unspecified atom stereocenters. The van der Waals surface area contributed by atoms with Gasteiger partial charge in [0.2, 0.25) is 0 Å². The van der Waals surface area contributed by atoms with Gasteiger partial charge in [0.25, 0.3) is 0 Å². The van der Waals surface area contributed by atoms with E-state index >= 15 is 0 Å². The first-order chi connectivity index (χ1) is 32.0. The molecule has 5 heterocycles. The van der Waals surface area contributed by atoms with Gasteiger partial charge < -0.3 is 4.40 Å². The van der Waals surface area contributed by atoms with Crippen molar-refractivity contribution in [3.8, 4) is 28.7 Å². The van der Waals surface area contributed by atoms with E-state index in [-0.39, 0.29) is 16.2 Å². The molecule has 0 bridgehead atoms. The number of para-hydroxylation sites is 4. The second-order valence-corrected chi connectivity index (χ2v) is 22.2. The maximum atomic E-state index is 6.79. The van der Waals surface area contributed by atoms with Crippen LogP contribution < -0.4 is 4.74 Å². The Morgan fingerprint density at radius 2 is 1.07 bits per heavy atom. The van der Waals surface area contributed by atoms with Crippen molar-refractivity contribution in [3.05, 3.63) is 178 Å². The van der Waals surface area contributed by atoms with E-state index in [1.807, 2.05) is 24.4 Å². The van der Waals surface area contributed by atoms with Crippen LogP contribution in [0.4, 0.5) is 0 Å². The van der Waals surface area contributed by atoms with Crippen molar-refractivity contribution in [3.63, 3.8) is 0 Å².